The number of hydrogen-bond acceptors (Lipinski definition) is 5. The van der Waals surface area contributed by atoms with Gasteiger partial charge in [0.1, 0.15) is 11.9 Å². The lowest BCUT2D eigenvalue weighted by Crippen LogP contribution is -2.33. The zero-order chi connectivity index (χ0) is 14.4. The highest BCUT2D eigenvalue weighted by Gasteiger charge is 2.13. The van der Waals surface area contributed by atoms with Crippen LogP contribution in [0.1, 0.15) is 19.9 Å². The van der Waals surface area contributed by atoms with E-state index >= 15 is 0 Å². The second kappa shape index (κ2) is 7.15. The zero-order valence-electron chi connectivity index (χ0n) is 10.9. The minimum Gasteiger partial charge on any atom is -0.480 e. The number of carboxylic acids is 1. The van der Waals surface area contributed by atoms with Gasteiger partial charge in [0.05, 0.1) is 11.9 Å². The molecule has 0 aliphatic rings. The highest BCUT2D eigenvalue weighted by atomic mass is 32.2. The molecule has 7 nitrogen and oxygen atoms in total. The molecule has 1 atom stereocenters. The number of anilines is 1. The molecule has 8 heteroatoms. The molecule has 0 saturated heterocycles. The van der Waals surface area contributed by atoms with Crippen molar-refractivity contribution in [2.24, 2.45) is 5.73 Å². The van der Waals surface area contributed by atoms with E-state index in [0.29, 0.717) is 5.82 Å². The second-order valence-electron chi connectivity index (χ2n) is 4.26. The van der Waals surface area contributed by atoms with Gasteiger partial charge in [-0.05, 0) is 13.8 Å². The number of aromatic nitrogens is 2. The first-order valence-electron chi connectivity index (χ1n) is 5.81. The van der Waals surface area contributed by atoms with Gasteiger partial charge in [0.2, 0.25) is 5.91 Å². The molecule has 1 aromatic rings. The summed E-state index contributed by atoms with van der Waals surface area (Å²) in [5.74, 6) is -0.282. The Bertz CT molecular complexity index is 447. The van der Waals surface area contributed by atoms with Crippen LogP contribution in [0.2, 0.25) is 0 Å². The summed E-state index contributed by atoms with van der Waals surface area (Å²) in [7, 11) is 0. The van der Waals surface area contributed by atoms with E-state index < -0.39 is 12.0 Å². The average Bonchev–Trinajstić information content (AvgIpc) is 2.76. The Hall–Kier alpha value is -1.54. The number of rotatable bonds is 7. The van der Waals surface area contributed by atoms with Crippen molar-refractivity contribution in [2.75, 3.05) is 16.8 Å². The van der Waals surface area contributed by atoms with Gasteiger partial charge in [-0.1, -0.05) is 0 Å². The number of nitrogens with zero attached hydrogens (tertiary/aromatic N) is 2. The fourth-order valence-corrected chi connectivity index (χ4v) is 2.13. The van der Waals surface area contributed by atoms with E-state index in [4.69, 9.17) is 10.8 Å². The van der Waals surface area contributed by atoms with E-state index in [1.54, 1.807) is 16.9 Å². The van der Waals surface area contributed by atoms with Gasteiger partial charge < -0.3 is 16.2 Å². The molecule has 0 unspecified atom stereocenters. The Morgan fingerprint density at radius 1 is 1.58 bits per heavy atom. The maximum atomic E-state index is 11.7. The van der Waals surface area contributed by atoms with Gasteiger partial charge in [0.25, 0.3) is 0 Å². The Morgan fingerprint density at radius 3 is 2.84 bits per heavy atom. The van der Waals surface area contributed by atoms with Crippen LogP contribution in [0.3, 0.4) is 0 Å². The topological polar surface area (TPSA) is 110 Å². The molecule has 4 N–H and O–H groups in total. The number of thioether (sulfide) groups is 1. The lowest BCUT2D eigenvalue weighted by atomic mass is 10.4. The lowest BCUT2D eigenvalue weighted by molar-refractivity contribution is -0.137. The third kappa shape index (κ3) is 4.92. The highest BCUT2D eigenvalue weighted by Crippen LogP contribution is 2.13. The predicted octanol–water partition coefficient (Wildman–Crippen LogP) is 0.548. The van der Waals surface area contributed by atoms with Gasteiger partial charge in [0, 0.05) is 17.9 Å². The SMILES string of the molecule is CC(C)n1nccc1NC(=O)CSC[C@H](N)C(=O)O. The first-order valence-corrected chi connectivity index (χ1v) is 6.96. The largest absolute Gasteiger partial charge is 0.480 e. The number of carbonyl (C=O) groups excluding carboxylic acids is 1. The summed E-state index contributed by atoms with van der Waals surface area (Å²) in [6.45, 7) is 3.92. The van der Waals surface area contributed by atoms with Gasteiger partial charge >= 0.3 is 5.97 Å². The van der Waals surface area contributed by atoms with Crippen LogP contribution in [0.5, 0.6) is 0 Å². The molecule has 1 heterocycles. The molecule has 1 amide bonds. The van der Waals surface area contributed by atoms with E-state index in [1.165, 1.54) is 11.8 Å². The molecule has 0 saturated carbocycles. The van der Waals surface area contributed by atoms with Gasteiger partial charge in [-0.3, -0.25) is 9.59 Å². The zero-order valence-corrected chi connectivity index (χ0v) is 11.7. The van der Waals surface area contributed by atoms with Crippen molar-refractivity contribution >= 4 is 29.5 Å². The summed E-state index contributed by atoms with van der Waals surface area (Å²) in [6, 6.07) is 0.920. The number of nitrogens with one attached hydrogen (secondary N) is 1. The van der Waals surface area contributed by atoms with Gasteiger partial charge in [-0.15, -0.1) is 11.8 Å². The maximum absolute atomic E-state index is 11.7. The molecule has 1 rings (SSSR count). The number of carboxylic acid groups (broad SMARTS) is 1. The summed E-state index contributed by atoms with van der Waals surface area (Å²) in [5, 5.41) is 15.4. The standard InChI is InChI=1S/C11H18N4O3S/c1-7(2)15-9(3-4-13-15)14-10(16)6-19-5-8(12)11(17)18/h3-4,7-8H,5-6,12H2,1-2H3,(H,14,16)(H,17,18)/t8-/m0/s1. The summed E-state index contributed by atoms with van der Waals surface area (Å²) >= 11 is 1.19. The molecular weight excluding hydrogens is 268 g/mol. The Morgan fingerprint density at radius 2 is 2.26 bits per heavy atom. The fourth-order valence-electron chi connectivity index (χ4n) is 1.35. The number of nitrogens with two attached hydrogens (primary N) is 1. The molecular formula is C11H18N4O3S. The molecule has 0 bridgehead atoms. The van der Waals surface area contributed by atoms with Crippen molar-refractivity contribution < 1.29 is 14.7 Å². The van der Waals surface area contributed by atoms with Gasteiger partial charge in [-0.25, -0.2) is 4.68 Å². The molecule has 19 heavy (non-hydrogen) atoms. The van der Waals surface area contributed by atoms with Crippen LogP contribution in [-0.4, -0.2) is 44.3 Å². The normalized spacial score (nSPS) is 12.4. The third-order valence-corrected chi connectivity index (χ3v) is 3.34. The lowest BCUT2D eigenvalue weighted by Gasteiger charge is -2.12. The molecule has 0 radical (unpaired) electrons. The van der Waals surface area contributed by atoms with E-state index in [1.807, 2.05) is 13.8 Å². The van der Waals surface area contributed by atoms with E-state index in [0.717, 1.165) is 0 Å². The number of amides is 1. The summed E-state index contributed by atoms with van der Waals surface area (Å²) < 4.78 is 1.70. The van der Waals surface area contributed by atoms with Crippen LogP contribution >= 0.6 is 11.8 Å². The monoisotopic (exact) mass is 286 g/mol. The van der Waals surface area contributed by atoms with Gasteiger partial charge in [-0.2, -0.15) is 5.10 Å². The van der Waals surface area contributed by atoms with E-state index in [9.17, 15) is 9.59 Å². The highest BCUT2D eigenvalue weighted by molar-refractivity contribution is 8.00. The first kappa shape index (κ1) is 15.5. The minimum atomic E-state index is -1.06. The molecule has 0 fully saturated rings. The van der Waals surface area contributed by atoms with Crippen LogP contribution in [0.4, 0.5) is 5.82 Å². The van der Waals surface area contributed by atoms with E-state index in [-0.39, 0.29) is 23.5 Å². The Kier molecular flexibility index (Phi) is 5.84. The summed E-state index contributed by atoms with van der Waals surface area (Å²) in [4.78, 5) is 22.2. The van der Waals surface area contributed by atoms with Crippen LogP contribution in [0, 0.1) is 0 Å². The smallest absolute Gasteiger partial charge is 0.321 e. The molecule has 0 aromatic carbocycles. The second-order valence-corrected chi connectivity index (χ2v) is 5.29. The maximum Gasteiger partial charge on any atom is 0.321 e. The van der Waals surface area contributed by atoms with E-state index in [2.05, 4.69) is 10.4 Å². The number of hydrogen-bond donors (Lipinski definition) is 3. The van der Waals surface area contributed by atoms with Crippen molar-refractivity contribution in [1.82, 2.24) is 9.78 Å². The Labute approximate surface area is 115 Å². The third-order valence-electron chi connectivity index (χ3n) is 2.27. The summed E-state index contributed by atoms with van der Waals surface area (Å²) in [6.07, 6.45) is 1.61. The van der Waals surface area contributed by atoms with Crippen LogP contribution in [0.15, 0.2) is 12.3 Å². The van der Waals surface area contributed by atoms with Crippen molar-refractivity contribution in [3.8, 4) is 0 Å². The van der Waals surface area contributed by atoms with Crippen LogP contribution in [0.25, 0.3) is 0 Å². The first-order chi connectivity index (χ1) is 8.91. The van der Waals surface area contributed by atoms with Crippen molar-refractivity contribution in [3.05, 3.63) is 12.3 Å². The van der Waals surface area contributed by atoms with Crippen molar-refractivity contribution in [3.63, 3.8) is 0 Å². The number of aliphatic carboxylic acids is 1. The van der Waals surface area contributed by atoms with Crippen LogP contribution < -0.4 is 11.1 Å². The van der Waals surface area contributed by atoms with Crippen molar-refractivity contribution in [1.29, 1.82) is 0 Å². The fraction of sp³-hybridized carbons (Fsp3) is 0.545. The average molecular weight is 286 g/mol. The molecule has 0 aliphatic carbocycles. The van der Waals surface area contributed by atoms with Crippen LogP contribution in [-0.2, 0) is 9.59 Å². The molecule has 1 aromatic heterocycles. The molecule has 106 valence electrons. The van der Waals surface area contributed by atoms with Gasteiger partial charge in [0.15, 0.2) is 0 Å². The quantitative estimate of drug-likeness (QED) is 0.675. The van der Waals surface area contributed by atoms with Crippen molar-refractivity contribution in [2.45, 2.75) is 25.9 Å². The summed E-state index contributed by atoms with van der Waals surface area (Å²) in [5.41, 5.74) is 5.34. The molecule has 0 aliphatic heterocycles. The Balaban J connectivity index is 2.39. The number of carbonyl (C=O) groups is 2. The predicted molar refractivity (Wildman–Crippen MR) is 74.2 cm³/mol. The minimum absolute atomic E-state index is 0.151. The molecule has 0 spiro atoms.